The Hall–Kier alpha value is -0.240. The molecule has 1 aliphatic rings. The van der Waals surface area contributed by atoms with Crippen LogP contribution in [-0.2, 0) is 0 Å². The topological polar surface area (TPSA) is 87.8 Å². The summed E-state index contributed by atoms with van der Waals surface area (Å²) < 4.78 is 0. The minimum absolute atomic E-state index is 0.563. The quantitative estimate of drug-likeness (QED) is 0.313. The zero-order valence-corrected chi connectivity index (χ0v) is 5.20. The van der Waals surface area contributed by atoms with Gasteiger partial charge < -0.3 is 0 Å². The fraction of sp³-hybridized carbons (Fsp3) is 1.00. The molecule has 1 saturated heterocycles. The fourth-order valence-electron chi connectivity index (χ4n) is 0.834. The van der Waals surface area contributed by atoms with Gasteiger partial charge in [0.2, 0.25) is 0 Å². The molecule has 1 aliphatic heterocycles. The van der Waals surface area contributed by atoms with Crippen molar-refractivity contribution in [1.29, 1.82) is 0 Å². The van der Waals surface area contributed by atoms with Gasteiger partial charge in [0, 0.05) is 0 Å². The molecule has 54 valence electrons. The summed E-state index contributed by atoms with van der Waals surface area (Å²) in [4.78, 5) is 0. The summed E-state index contributed by atoms with van der Waals surface area (Å²) >= 11 is 0. The number of nitrogens with zero attached hydrogens (tertiary/aromatic N) is 3. The highest BCUT2D eigenvalue weighted by molar-refractivity contribution is 4.54. The second-order valence-corrected chi connectivity index (χ2v) is 2.19. The van der Waals surface area contributed by atoms with Gasteiger partial charge in [-0.25, -0.2) is 15.0 Å². The average Bonchev–Trinajstić information content (AvgIpc) is 1.59. The number of nitrogens with two attached hydrogens (primary N) is 3. The molecule has 0 aromatic carbocycles. The molecule has 0 saturated carbocycles. The van der Waals surface area contributed by atoms with E-state index in [-0.39, 0.29) is 0 Å². The zero-order valence-electron chi connectivity index (χ0n) is 5.20. The Morgan fingerprint density at radius 2 is 0.889 bits per heavy atom. The number of hydrogen-bond acceptors (Lipinski definition) is 6. The van der Waals surface area contributed by atoms with Gasteiger partial charge in [-0.1, -0.05) is 0 Å². The summed E-state index contributed by atoms with van der Waals surface area (Å²) in [6.07, 6.45) is 0. The summed E-state index contributed by atoms with van der Waals surface area (Å²) in [5, 5.41) is 4.59. The number of hydrogen-bond donors (Lipinski definition) is 3. The van der Waals surface area contributed by atoms with E-state index in [9.17, 15) is 0 Å². The lowest BCUT2D eigenvalue weighted by Crippen LogP contribution is -2.61. The lowest BCUT2D eigenvalue weighted by atomic mass is 10.7. The second-order valence-electron chi connectivity index (χ2n) is 2.19. The van der Waals surface area contributed by atoms with Crippen molar-refractivity contribution in [3.8, 4) is 0 Å². The van der Waals surface area contributed by atoms with Crippen LogP contribution in [0.2, 0.25) is 0 Å². The van der Waals surface area contributed by atoms with Crippen LogP contribution >= 0.6 is 0 Å². The van der Waals surface area contributed by atoms with Crippen LogP contribution in [0.5, 0.6) is 0 Å². The van der Waals surface area contributed by atoms with Crippen LogP contribution < -0.4 is 17.5 Å². The Balaban J connectivity index is 2.34. The highest BCUT2D eigenvalue weighted by Gasteiger charge is 2.15. The Bertz CT molecular complexity index is 69.3. The van der Waals surface area contributed by atoms with E-state index in [4.69, 9.17) is 17.5 Å². The summed E-state index contributed by atoms with van der Waals surface area (Å²) in [5.41, 5.74) is 0. The molecule has 0 aromatic heterocycles. The Kier molecular flexibility index (Phi) is 1.96. The van der Waals surface area contributed by atoms with Crippen LogP contribution in [0.15, 0.2) is 0 Å². The van der Waals surface area contributed by atoms with Gasteiger partial charge in [-0.05, 0) is 0 Å². The highest BCUT2D eigenvalue weighted by atomic mass is 15.7. The molecule has 1 rings (SSSR count). The molecule has 6 N–H and O–H groups in total. The van der Waals surface area contributed by atoms with Crippen molar-refractivity contribution in [3.05, 3.63) is 0 Å². The van der Waals surface area contributed by atoms with Crippen molar-refractivity contribution in [2.45, 2.75) is 0 Å². The van der Waals surface area contributed by atoms with Crippen molar-refractivity contribution < 1.29 is 0 Å². The standard InChI is InChI=1S/C3H12N6/c4-7-1-8(5)3-9(6)2-7/h1-6H2. The minimum Gasteiger partial charge on any atom is -0.266 e. The van der Waals surface area contributed by atoms with E-state index in [0.717, 1.165) is 0 Å². The molecular weight excluding hydrogens is 120 g/mol. The molecular formula is C3H12N6. The van der Waals surface area contributed by atoms with E-state index in [1.54, 1.807) is 0 Å². The molecule has 1 heterocycles. The van der Waals surface area contributed by atoms with Crippen LogP contribution in [0.3, 0.4) is 0 Å². The molecule has 1 fully saturated rings. The molecule has 6 heteroatoms. The predicted octanol–water partition coefficient (Wildman–Crippen LogP) is -2.60. The molecule has 0 atom stereocenters. The molecule has 0 aromatic rings. The molecule has 0 bridgehead atoms. The number of hydrazine groups is 3. The molecule has 9 heavy (non-hydrogen) atoms. The fourth-order valence-corrected chi connectivity index (χ4v) is 0.834. The van der Waals surface area contributed by atoms with Crippen LogP contribution in [0, 0.1) is 0 Å². The predicted molar refractivity (Wildman–Crippen MR) is 32.7 cm³/mol. The van der Waals surface area contributed by atoms with Crippen LogP contribution in [0.1, 0.15) is 0 Å². The molecule has 0 unspecified atom stereocenters. The largest absolute Gasteiger partial charge is 0.266 e. The van der Waals surface area contributed by atoms with Gasteiger partial charge in [0.25, 0.3) is 0 Å². The van der Waals surface area contributed by atoms with Gasteiger partial charge in [0.05, 0.1) is 20.0 Å². The summed E-state index contributed by atoms with van der Waals surface area (Å²) in [6.45, 7) is 1.69. The van der Waals surface area contributed by atoms with E-state index in [1.807, 2.05) is 0 Å². The van der Waals surface area contributed by atoms with E-state index >= 15 is 0 Å². The Morgan fingerprint density at radius 3 is 1.11 bits per heavy atom. The van der Waals surface area contributed by atoms with Crippen molar-refractivity contribution in [1.82, 2.24) is 15.0 Å². The van der Waals surface area contributed by atoms with Crippen LogP contribution in [0.25, 0.3) is 0 Å². The summed E-state index contributed by atoms with van der Waals surface area (Å²) in [6, 6.07) is 0. The minimum atomic E-state index is 0.563. The van der Waals surface area contributed by atoms with Gasteiger partial charge in [-0.2, -0.15) is 0 Å². The lowest BCUT2D eigenvalue weighted by Gasteiger charge is -2.34. The molecule has 0 radical (unpaired) electrons. The average molecular weight is 132 g/mol. The van der Waals surface area contributed by atoms with Crippen molar-refractivity contribution >= 4 is 0 Å². The van der Waals surface area contributed by atoms with Gasteiger partial charge >= 0.3 is 0 Å². The van der Waals surface area contributed by atoms with Gasteiger partial charge in [-0.3, -0.25) is 17.5 Å². The van der Waals surface area contributed by atoms with Crippen LogP contribution in [-0.4, -0.2) is 35.0 Å². The van der Waals surface area contributed by atoms with Crippen LogP contribution in [0.4, 0.5) is 0 Å². The maximum Gasteiger partial charge on any atom is 0.0807 e. The summed E-state index contributed by atoms with van der Waals surface area (Å²) in [5.74, 6) is 16.2. The maximum atomic E-state index is 5.41. The highest BCUT2D eigenvalue weighted by Crippen LogP contribution is 1.92. The number of rotatable bonds is 0. The first kappa shape index (κ1) is 6.87. The third-order valence-corrected chi connectivity index (χ3v) is 1.09. The third kappa shape index (κ3) is 1.86. The van der Waals surface area contributed by atoms with Crippen molar-refractivity contribution in [2.24, 2.45) is 17.5 Å². The maximum absolute atomic E-state index is 5.41. The monoisotopic (exact) mass is 132 g/mol. The molecule has 6 nitrogen and oxygen atoms in total. The molecule has 0 aliphatic carbocycles. The Morgan fingerprint density at radius 1 is 0.667 bits per heavy atom. The van der Waals surface area contributed by atoms with E-state index in [0.29, 0.717) is 20.0 Å². The molecule has 0 spiro atoms. The molecule has 0 amide bonds. The van der Waals surface area contributed by atoms with Crippen molar-refractivity contribution in [2.75, 3.05) is 20.0 Å². The van der Waals surface area contributed by atoms with E-state index < -0.39 is 0 Å². The first-order valence-corrected chi connectivity index (χ1v) is 2.67. The van der Waals surface area contributed by atoms with Gasteiger partial charge in [-0.15, -0.1) is 0 Å². The first-order valence-electron chi connectivity index (χ1n) is 2.67. The van der Waals surface area contributed by atoms with Gasteiger partial charge in [0.1, 0.15) is 0 Å². The van der Waals surface area contributed by atoms with E-state index in [1.165, 1.54) is 15.0 Å². The zero-order chi connectivity index (χ0) is 6.85. The lowest BCUT2D eigenvalue weighted by molar-refractivity contribution is -0.0315. The third-order valence-electron chi connectivity index (χ3n) is 1.09. The second kappa shape index (κ2) is 2.56. The van der Waals surface area contributed by atoms with E-state index in [2.05, 4.69) is 0 Å². The smallest absolute Gasteiger partial charge is 0.0807 e. The SMILES string of the molecule is NN1CN(N)CN(N)C1. The van der Waals surface area contributed by atoms with Crippen molar-refractivity contribution in [3.63, 3.8) is 0 Å². The Labute approximate surface area is 53.7 Å². The van der Waals surface area contributed by atoms with Gasteiger partial charge in [0.15, 0.2) is 0 Å². The summed E-state index contributed by atoms with van der Waals surface area (Å²) in [7, 11) is 0. The first-order chi connectivity index (χ1) is 4.18. The normalized spacial score (nSPS) is 27.0.